The van der Waals surface area contributed by atoms with Crippen LogP contribution in [0.3, 0.4) is 0 Å². The number of non-ortho nitro benzene ring substituents is 1. The number of para-hydroxylation sites is 1. The second-order valence-electron chi connectivity index (χ2n) is 8.27. The zero-order valence-corrected chi connectivity index (χ0v) is 23.5. The number of carbonyl (C=O) groups is 1. The lowest BCUT2D eigenvalue weighted by atomic mass is 10.2. The quantitative estimate of drug-likeness (QED) is 0.0914. The molecule has 0 spiro atoms. The molecule has 1 N–H and O–H groups in total. The molecule has 15 heteroatoms. The summed E-state index contributed by atoms with van der Waals surface area (Å²) in [7, 11) is 0. The summed E-state index contributed by atoms with van der Waals surface area (Å²) in [6.07, 6.45) is 0. The third kappa shape index (κ3) is 5.65. The molecule has 202 valence electrons. The van der Waals surface area contributed by atoms with Crippen molar-refractivity contribution in [3.05, 3.63) is 97.6 Å². The standard InChI is InChI=1S/C25H17Cl3N8O3S/c1-14-23(30-33-35(14)21-12-19(27)18(26)11-20(21)28)24-31-32-25(34(24)16-7-3-2-4-8-16)40-13-22(37)29-15-6-5-9-17(10-15)36(38)39/h2-12H,13H2,1H3,(H,29,37). The average Bonchev–Trinajstić information content (AvgIpc) is 3.53. The Morgan fingerprint density at radius 2 is 1.73 bits per heavy atom. The van der Waals surface area contributed by atoms with E-state index in [2.05, 4.69) is 25.8 Å². The van der Waals surface area contributed by atoms with E-state index in [-0.39, 0.29) is 17.3 Å². The number of amides is 1. The maximum Gasteiger partial charge on any atom is 0.271 e. The number of nitro groups is 1. The maximum atomic E-state index is 12.7. The highest BCUT2D eigenvalue weighted by atomic mass is 35.5. The minimum atomic E-state index is -0.526. The van der Waals surface area contributed by atoms with Gasteiger partial charge in [-0.05, 0) is 37.3 Å². The zero-order chi connectivity index (χ0) is 28.4. The van der Waals surface area contributed by atoms with Gasteiger partial charge in [-0.25, -0.2) is 4.68 Å². The number of thioether (sulfide) groups is 1. The largest absolute Gasteiger partial charge is 0.325 e. The first-order valence-electron chi connectivity index (χ1n) is 11.5. The van der Waals surface area contributed by atoms with Crippen molar-refractivity contribution < 1.29 is 9.72 Å². The number of hydrogen-bond acceptors (Lipinski definition) is 8. The maximum absolute atomic E-state index is 12.7. The minimum absolute atomic E-state index is 0.0296. The first kappa shape index (κ1) is 27.6. The smallest absolute Gasteiger partial charge is 0.271 e. The molecule has 3 aromatic carbocycles. The van der Waals surface area contributed by atoms with Crippen LogP contribution in [-0.4, -0.2) is 46.3 Å². The third-order valence-electron chi connectivity index (χ3n) is 5.65. The predicted molar refractivity (Wildman–Crippen MR) is 154 cm³/mol. The fourth-order valence-electron chi connectivity index (χ4n) is 3.79. The van der Waals surface area contributed by atoms with Crippen molar-refractivity contribution in [3.63, 3.8) is 0 Å². The molecular weight excluding hydrogens is 599 g/mol. The summed E-state index contributed by atoms with van der Waals surface area (Å²) in [6, 6.07) is 18.2. The molecule has 2 aromatic heterocycles. The van der Waals surface area contributed by atoms with Crippen LogP contribution in [0, 0.1) is 17.0 Å². The number of carbonyl (C=O) groups excluding carboxylic acids is 1. The van der Waals surface area contributed by atoms with Gasteiger partial charge in [-0.15, -0.1) is 15.3 Å². The van der Waals surface area contributed by atoms with E-state index in [4.69, 9.17) is 34.8 Å². The molecule has 0 saturated carbocycles. The van der Waals surface area contributed by atoms with Crippen molar-refractivity contribution in [1.82, 2.24) is 29.8 Å². The van der Waals surface area contributed by atoms with Gasteiger partial charge in [0.2, 0.25) is 5.91 Å². The first-order valence-corrected chi connectivity index (χ1v) is 13.6. The van der Waals surface area contributed by atoms with Crippen molar-refractivity contribution in [3.8, 4) is 22.9 Å². The van der Waals surface area contributed by atoms with Gasteiger partial charge in [-0.3, -0.25) is 19.5 Å². The van der Waals surface area contributed by atoms with Crippen LogP contribution in [0.5, 0.6) is 0 Å². The first-order chi connectivity index (χ1) is 19.2. The van der Waals surface area contributed by atoms with Crippen LogP contribution in [0.1, 0.15) is 5.69 Å². The predicted octanol–water partition coefficient (Wildman–Crippen LogP) is 6.42. The SMILES string of the molecule is Cc1c(-c2nnc(SCC(=O)Nc3cccc([N+](=O)[O-])c3)n2-c2ccccc2)nnn1-c1cc(Cl)c(Cl)cc1Cl. The van der Waals surface area contributed by atoms with E-state index >= 15 is 0 Å². The van der Waals surface area contributed by atoms with Crippen LogP contribution in [0.4, 0.5) is 11.4 Å². The van der Waals surface area contributed by atoms with E-state index in [1.165, 1.54) is 28.9 Å². The number of halogens is 3. The van der Waals surface area contributed by atoms with Crippen LogP contribution < -0.4 is 5.32 Å². The second-order valence-corrected chi connectivity index (χ2v) is 10.4. The van der Waals surface area contributed by atoms with Gasteiger partial charge in [-0.2, -0.15) is 0 Å². The Morgan fingerprint density at radius 1 is 0.975 bits per heavy atom. The van der Waals surface area contributed by atoms with Crippen LogP contribution in [0.25, 0.3) is 22.9 Å². The van der Waals surface area contributed by atoms with Gasteiger partial charge in [0, 0.05) is 23.5 Å². The summed E-state index contributed by atoms with van der Waals surface area (Å²) in [5, 5.41) is 32.4. The van der Waals surface area contributed by atoms with Gasteiger partial charge in [-0.1, -0.05) is 76.0 Å². The Kier molecular flexibility index (Phi) is 8.03. The van der Waals surface area contributed by atoms with E-state index in [0.29, 0.717) is 48.8 Å². The summed E-state index contributed by atoms with van der Waals surface area (Å²) in [6.45, 7) is 1.80. The molecule has 0 fully saturated rings. The number of rotatable bonds is 8. The molecular formula is C25H17Cl3N8O3S. The summed E-state index contributed by atoms with van der Waals surface area (Å²) in [4.78, 5) is 23.2. The van der Waals surface area contributed by atoms with E-state index in [9.17, 15) is 14.9 Å². The number of anilines is 1. The highest BCUT2D eigenvalue weighted by molar-refractivity contribution is 7.99. The molecule has 1 amide bonds. The van der Waals surface area contributed by atoms with Crippen molar-refractivity contribution in [2.24, 2.45) is 0 Å². The molecule has 0 saturated heterocycles. The average molecular weight is 616 g/mol. The van der Waals surface area contributed by atoms with Gasteiger partial charge < -0.3 is 5.32 Å². The van der Waals surface area contributed by atoms with Gasteiger partial charge in [0.05, 0.1) is 37.1 Å². The van der Waals surface area contributed by atoms with Crippen LogP contribution in [0.15, 0.2) is 71.9 Å². The molecule has 0 unspecified atom stereocenters. The van der Waals surface area contributed by atoms with Crippen molar-refractivity contribution in [2.45, 2.75) is 12.1 Å². The Labute approximate surface area is 246 Å². The molecule has 0 radical (unpaired) electrons. The van der Waals surface area contributed by atoms with Gasteiger partial charge >= 0.3 is 0 Å². The number of aromatic nitrogens is 6. The molecule has 0 aliphatic carbocycles. The monoisotopic (exact) mass is 614 g/mol. The summed E-state index contributed by atoms with van der Waals surface area (Å²) < 4.78 is 3.30. The molecule has 0 atom stereocenters. The minimum Gasteiger partial charge on any atom is -0.325 e. The van der Waals surface area contributed by atoms with E-state index in [1.807, 2.05) is 30.3 Å². The Morgan fingerprint density at radius 3 is 2.48 bits per heavy atom. The molecule has 2 heterocycles. The van der Waals surface area contributed by atoms with Crippen LogP contribution in [-0.2, 0) is 4.79 Å². The number of hydrogen-bond donors (Lipinski definition) is 1. The fourth-order valence-corrected chi connectivity index (χ4v) is 5.16. The molecule has 40 heavy (non-hydrogen) atoms. The lowest BCUT2D eigenvalue weighted by Gasteiger charge is -2.10. The van der Waals surface area contributed by atoms with E-state index in [1.54, 1.807) is 23.6 Å². The lowest BCUT2D eigenvalue weighted by Crippen LogP contribution is -2.14. The highest BCUT2D eigenvalue weighted by Crippen LogP contribution is 2.34. The van der Waals surface area contributed by atoms with Gasteiger partial charge in [0.1, 0.15) is 0 Å². The fraction of sp³-hybridized carbons (Fsp3) is 0.0800. The van der Waals surface area contributed by atoms with E-state index < -0.39 is 4.92 Å². The number of nitrogens with one attached hydrogen (secondary N) is 1. The topological polar surface area (TPSA) is 134 Å². The van der Waals surface area contributed by atoms with E-state index in [0.717, 1.165) is 17.4 Å². The Balaban J connectivity index is 1.45. The van der Waals surface area contributed by atoms with Crippen molar-refractivity contribution in [2.75, 3.05) is 11.1 Å². The number of benzene rings is 3. The van der Waals surface area contributed by atoms with Crippen LogP contribution in [0.2, 0.25) is 15.1 Å². The molecule has 0 aliphatic heterocycles. The van der Waals surface area contributed by atoms with Crippen molar-refractivity contribution in [1.29, 1.82) is 0 Å². The Hall–Kier alpha value is -3.97. The number of nitro benzene ring substituents is 1. The molecule has 11 nitrogen and oxygen atoms in total. The number of nitrogens with zero attached hydrogens (tertiary/aromatic N) is 7. The summed E-state index contributed by atoms with van der Waals surface area (Å²) in [5.74, 6) is -0.00291. The summed E-state index contributed by atoms with van der Waals surface area (Å²) in [5.41, 5.74) is 2.48. The van der Waals surface area contributed by atoms with Crippen molar-refractivity contribution >= 4 is 63.8 Å². The van der Waals surface area contributed by atoms with Crippen LogP contribution >= 0.6 is 46.6 Å². The third-order valence-corrected chi connectivity index (χ3v) is 7.60. The van der Waals surface area contributed by atoms with Gasteiger partial charge in [0.15, 0.2) is 16.7 Å². The molecule has 5 aromatic rings. The lowest BCUT2D eigenvalue weighted by molar-refractivity contribution is -0.384. The normalized spacial score (nSPS) is 11.0. The van der Waals surface area contributed by atoms with Gasteiger partial charge in [0.25, 0.3) is 5.69 Å². The molecule has 0 aliphatic rings. The summed E-state index contributed by atoms with van der Waals surface area (Å²) >= 11 is 19.8. The second kappa shape index (κ2) is 11.6. The highest BCUT2D eigenvalue weighted by Gasteiger charge is 2.23. The Bertz CT molecular complexity index is 1740. The molecule has 0 bridgehead atoms. The molecule has 5 rings (SSSR count). The zero-order valence-electron chi connectivity index (χ0n) is 20.5.